The highest BCUT2D eigenvalue weighted by atomic mass is 35.5. The number of unbranched alkanes of at least 4 members (excludes halogenated alkanes) is 1. The molecule has 0 bridgehead atoms. The van der Waals surface area contributed by atoms with Gasteiger partial charge in [0.15, 0.2) is 0 Å². The summed E-state index contributed by atoms with van der Waals surface area (Å²) in [6.45, 7) is 4.39. The zero-order chi connectivity index (χ0) is 17.2. The molecule has 0 aliphatic carbocycles. The van der Waals surface area contributed by atoms with Crippen LogP contribution in [0.15, 0.2) is 18.2 Å². The fraction of sp³-hybridized carbons (Fsp3) is 0.529. The molecule has 0 spiro atoms. The minimum atomic E-state index is -0.870. The van der Waals surface area contributed by atoms with Gasteiger partial charge >= 0.3 is 11.9 Å². The van der Waals surface area contributed by atoms with Crippen LogP contribution in [0.4, 0.5) is 0 Å². The summed E-state index contributed by atoms with van der Waals surface area (Å²) in [4.78, 5) is 19.8. The number of benzene rings is 1. The smallest absolute Gasteiger partial charge is 0.303 e. The maximum absolute atomic E-state index is 9.90. The molecular weight excluding hydrogens is 318 g/mol. The molecule has 1 aliphatic rings. The van der Waals surface area contributed by atoms with Gasteiger partial charge in [-0.2, -0.15) is 0 Å². The monoisotopic (exact) mass is 341 g/mol. The Hall–Kier alpha value is -1.59. The zero-order valence-corrected chi connectivity index (χ0v) is 14.1. The van der Waals surface area contributed by atoms with E-state index < -0.39 is 11.9 Å². The van der Waals surface area contributed by atoms with Crippen molar-refractivity contribution in [2.75, 3.05) is 13.1 Å². The molecule has 3 N–H and O–H groups in total. The van der Waals surface area contributed by atoms with Crippen molar-refractivity contribution in [1.29, 1.82) is 0 Å². The Bertz CT molecular complexity index is 517. The third-order valence-electron chi connectivity index (χ3n) is 3.69. The van der Waals surface area contributed by atoms with Crippen molar-refractivity contribution in [2.24, 2.45) is 0 Å². The molecule has 128 valence electrons. The summed E-state index contributed by atoms with van der Waals surface area (Å²) in [6, 6.07) is 6.24. The lowest BCUT2D eigenvalue weighted by atomic mass is 9.96. The molecule has 6 heteroatoms. The highest BCUT2D eigenvalue weighted by molar-refractivity contribution is 6.30. The first-order chi connectivity index (χ1) is 10.9. The fourth-order valence-corrected chi connectivity index (χ4v) is 2.64. The Morgan fingerprint density at radius 3 is 2.39 bits per heavy atom. The van der Waals surface area contributed by atoms with Gasteiger partial charge in [-0.05, 0) is 55.0 Å². The Labute approximate surface area is 141 Å². The summed E-state index contributed by atoms with van der Waals surface area (Å²) in [5.74, 6) is -1.16. The van der Waals surface area contributed by atoms with Crippen LogP contribution in [0.3, 0.4) is 0 Å². The van der Waals surface area contributed by atoms with E-state index in [1.54, 1.807) is 0 Å². The van der Waals surface area contributed by atoms with Gasteiger partial charge in [0.25, 0.3) is 0 Å². The number of halogens is 1. The van der Waals surface area contributed by atoms with E-state index in [0.29, 0.717) is 18.8 Å². The van der Waals surface area contributed by atoms with Crippen LogP contribution < -0.4 is 5.32 Å². The molecule has 0 unspecified atom stereocenters. The number of carboxylic acids is 2. The van der Waals surface area contributed by atoms with Crippen LogP contribution >= 0.6 is 11.6 Å². The predicted molar refractivity (Wildman–Crippen MR) is 90.2 cm³/mol. The summed E-state index contributed by atoms with van der Waals surface area (Å²) in [6.07, 6.45) is 2.14. The van der Waals surface area contributed by atoms with Crippen LogP contribution in [-0.2, 0) is 16.0 Å². The number of rotatable bonds is 5. The first-order valence-electron chi connectivity index (χ1n) is 7.82. The first-order valence-corrected chi connectivity index (χ1v) is 8.20. The molecule has 0 saturated heterocycles. The van der Waals surface area contributed by atoms with E-state index in [1.807, 2.05) is 6.07 Å². The second-order valence-electron chi connectivity index (χ2n) is 5.69. The van der Waals surface area contributed by atoms with Gasteiger partial charge in [0, 0.05) is 24.4 Å². The molecule has 0 aromatic heterocycles. The molecule has 2 rings (SSSR count). The van der Waals surface area contributed by atoms with E-state index in [1.165, 1.54) is 11.1 Å². The lowest BCUT2D eigenvalue weighted by Crippen LogP contribution is -2.18. The topological polar surface area (TPSA) is 86.6 Å². The van der Waals surface area contributed by atoms with Gasteiger partial charge in [-0.1, -0.05) is 24.6 Å². The quantitative estimate of drug-likeness (QED) is 0.715. The van der Waals surface area contributed by atoms with Gasteiger partial charge in [-0.3, -0.25) is 9.59 Å². The van der Waals surface area contributed by atoms with Gasteiger partial charge in [0.05, 0.1) is 0 Å². The van der Waals surface area contributed by atoms with Crippen LogP contribution in [0.5, 0.6) is 0 Å². The average Bonchev–Trinajstić information content (AvgIpc) is 2.66. The van der Waals surface area contributed by atoms with Crippen molar-refractivity contribution in [3.63, 3.8) is 0 Å². The summed E-state index contributed by atoms with van der Waals surface area (Å²) >= 11 is 5.97. The minimum Gasteiger partial charge on any atom is -0.481 e. The Balaban J connectivity index is 0.000000241. The summed E-state index contributed by atoms with van der Waals surface area (Å²) in [5, 5.41) is 20.5. The molecule has 23 heavy (non-hydrogen) atoms. The number of hydrogen-bond acceptors (Lipinski definition) is 3. The molecule has 0 saturated carbocycles. The highest BCUT2D eigenvalue weighted by Crippen LogP contribution is 2.25. The molecule has 0 radical (unpaired) electrons. The lowest BCUT2D eigenvalue weighted by Gasteiger charge is -2.11. The third-order valence-corrected chi connectivity index (χ3v) is 3.93. The summed E-state index contributed by atoms with van der Waals surface area (Å²) in [7, 11) is 0. The van der Waals surface area contributed by atoms with Crippen molar-refractivity contribution in [2.45, 2.75) is 44.9 Å². The molecule has 0 fully saturated rings. The van der Waals surface area contributed by atoms with Crippen molar-refractivity contribution in [3.8, 4) is 0 Å². The van der Waals surface area contributed by atoms with E-state index in [9.17, 15) is 9.59 Å². The van der Waals surface area contributed by atoms with E-state index in [4.69, 9.17) is 21.8 Å². The summed E-state index contributed by atoms with van der Waals surface area (Å²) < 4.78 is 0. The average molecular weight is 342 g/mol. The number of fused-ring (bicyclic) bond motifs is 1. The lowest BCUT2D eigenvalue weighted by molar-refractivity contribution is -0.139. The van der Waals surface area contributed by atoms with Crippen LogP contribution in [-0.4, -0.2) is 35.2 Å². The highest BCUT2D eigenvalue weighted by Gasteiger charge is 2.14. The van der Waals surface area contributed by atoms with Crippen molar-refractivity contribution < 1.29 is 19.8 Å². The Morgan fingerprint density at radius 2 is 1.83 bits per heavy atom. The van der Waals surface area contributed by atoms with E-state index in [-0.39, 0.29) is 12.8 Å². The molecule has 0 amide bonds. The largest absolute Gasteiger partial charge is 0.481 e. The van der Waals surface area contributed by atoms with E-state index in [2.05, 4.69) is 24.4 Å². The molecule has 1 aromatic rings. The zero-order valence-electron chi connectivity index (χ0n) is 13.3. The SMILES string of the molecule is C[C@H]1CNCCc2ccc(Cl)cc21.O=C(O)CCCCC(=O)O. The third kappa shape index (κ3) is 8.00. The maximum atomic E-state index is 9.90. The number of carbonyl (C=O) groups is 2. The van der Waals surface area contributed by atoms with E-state index in [0.717, 1.165) is 24.5 Å². The van der Waals surface area contributed by atoms with E-state index >= 15 is 0 Å². The van der Waals surface area contributed by atoms with Gasteiger partial charge in [0.1, 0.15) is 0 Å². The second-order valence-corrected chi connectivity index (χ2v) is 6.13. The van der Waals surface area contributed by atoms with Crippen molar-refractivity contribution in [3.05, 3.63) is 34.3 Å². The van der Waals surface area contributed by atoms with Crippen LogP contribution in [0.25, 0.3) is 0 Å². The van der Waals surface area contributed by atoms with Gasteiger partial charge in [-0.15, -0.1) is 0 Å². The first kappa shape index (κ1) is 19.5. The van der Waals surface area contributed by atoms with Crippen molar-refractivity contribution in [1.82, 2.24) is 5.32 Å². The molecule has 5 nitrogen and oxygen atoms in total. The Kier molecular flexibility index (Phi) is 8.66. The molecular formula is C17H24ClNO4. The Morgan fingerprint density at radius 1 is 1.22 bits per heavy atom. The van der Waals surface area contributed by atoms with Gasteiger partial charge in [0.2, 0.25) is 0 Å². The van der Waals surface area contributed by atoms with Gasteiger partial charge < -0.3 is 15.5 Å². The molecule has 1 heterocycles. The van der Waals surface area contributed by atoms with Crippen molar-refractivity contribution >= 4 is 23.5 Å². The van der Waals surface area contributed by atoms with Crippen LogP contribution in [0, 0.1) is 0 Å². The van der Waals surface area contributed by atoms with Gasteiger partial charge in [-0.25, -0.2) is 0 Å². The molecule has 1 aliphatic heterocycles. The minimum absolute atomic E-state index is 0.0628. The summed E-state index contributed by atoms with van der Waals surface area (Å²) in [5.41, 5.74) is 2.86. The molecule has 1 aromatic carbocycles. The van der Waals surface area contributed by atoms with Crippen LogP contribution in [0.2, 0.25) is 5.02 Å². The molecule has 1 atom stereocenters. The second kappa shape index (κ2) is 10.2. The number of nitrogens with one attached hydrogen (secondary N) is 1. The predicted octanol–water partition coefficient (Wildman–Crippen LogP) is 3.31. The van der Waals surface area contributed by atoms with Crippen LogP contribution in [0.1, 0.15) is 49.7 Å². The normalized spacial score (nSPS) is 16.5. The maximum Gasteiger partial charge on any atom is 0.303 e. The number of carboxylic acid groups (broad SMARTS) is 2. The standard InChI is InChI=1S/C11H14ClN.C6H10O4/c1-8-7-13-5-4-9-2-3-10(12)6-11(8)9;7-5(8)3-1-2-4-6(9)10/h2-3,6,8,13H,4-5,7H2,1H3;1-4H2,(H,7,8)(H,9,10)/t8-;/m0./s1. The number of aliphatic carboxylic acids is 2. The number of hydrogen-bond donors (Lipinski definition) is 3. The fourth-order valence-electron chi connectivity index (χ4n) is 2.46.